The van der Waals surface area contributed by atoms with E-state index < -0.39 is 5.54 Å². The highest BCUT2D eigenvalue weighted by Crippen LogP contribution is 2.31. The monoisotopic (exact) mass is 332 g/mol. The Bertz CT molecular complexity index is 641. The van der Waals surface area contributed by atoms with Gasteiger partial charge in [0.1, 0.15) is 5.54 Å². The van der Waals surface area contributed by atoms with Crippen molar-refractivity contribution in [2.45, 2.75) is 31.7 Å². The Morgan fingerprint density at radius 3 is 2.79 bits per heavy atom. The Morgan fingerprint density at radius 1 is 1.33 bits per heavy atom. The first-order chi connectivity index (χ1) is 11.5. The quantitative estimate of drug-likeness (QED) is 0.775. The molecule has 0 radical (unpaired) electrons. The fourth-order valence-corrected chi connectivity index (χ4v) is 3.13. The van der Waals surface area contributed by atoms with Crippen LogP contribution in [0.1, 0.15) is 25.3 Å². The number of ether oxygens (including phenoxy) is 1. The number of amides is 3. The molecule has 1 fully saturated rings. The summed E-state index contributed by atoms with van der Waals surface area (Å²) < 4.78 is 5.28. The molecule has 0 saturated carbocycles. The molecule has 4 N–H and O–H groups in total. The van der Waals surface area contributed by atoms with E-state index in [0.717, 1.165) is 17.7 Å². The summed E-state index contributed by atoms with van der Waals surface area (Å²) in [5.41, 5.74) is 7.93. The molecule has 0 spiro atoms. The molecular formula is C17H24N4O3. The van der Waals surface area contributed by atoms with Gasteiger partial charge in [0, 0.05) is 32.0 Å². The largest absolute Gasteiger partial charge is 0.381 e. The topological polar surface area (TPSA) is 96.7 Å². The van der Waals surface area contributed by atoms with Gasteiger partial charge in [-0.3, -0.25) is 9.69 Å². The van der Waals surface area contributed by atoms with Crippen LogP contribution in [0.4, 0.5) is 16.2 Å². The van der Waals surface area contributed by atoms with Crippen molar-refractivity contribution < 1.29 is 14.3 Å². The summed E-state index contributed by atoms with van der Waals surface area (Å²) in [7, 11) is 0. The zero-order valence-corrected chi connectivity index (χ0v) is 13.9. The zero-order valence-electron chi connectivity index (χ0n) is 13.9. The molecule has 3 rings (SSSR count). The van der Waals surface area contributed by atoms with E-state index >= 15 is 0 Å². The van der Waals surface area contributed by atoms with Gasteiger partial charge in [0.15, 0.2) is 0 Å². The number of nitrogens with one attached hydrogen (secondary N) is 2. The second-order valence-corrected chi connectivity index (χ2v) is 6.30. The summed E-state index contributed by atoms with van der Waals surface area (Å²) in [6, 6.07) is 5.55. The highest BCUT2D eigenvalue weighted by atomic mass is 16.5. The fourth-order valence-electron chi connectivity index (χ4n) is 3.13. The number of urea groups is 1. The van der Waals surface area contributed by atoms with Crippen LogP contribution in [0.15, 0.2) is 18.2 Å². The summed E-state index contributed by atoms with van der Waals surface area (Å²) >= 11 is 0. The van der Waals surface area contributed by atoms with Gasteiger partial charge in [-0.15, -0.1) is 0 Å². The molecule has 3 amide bonds. The number of carbonyl (C=O) groups is 2. The summed E-state index contributed by atoms with van der Waals surface area (Å²) in [6.45, 7) is 4.12. The lowest BCUT2D eigenvalue weighted by atomic mass is 9.90. The lowest BCUT2D eigenvalue weighted by molar-refractivity contribution is -0.124. The number of hydrogen-bond donors (Lipinski definition) is 3. The molecule has 0 aliphatic carbocycles. The van der Waals surface area contributed by atoms with Crippen LogP contribution in [0.3, 0.4) is 0 Å². The first kappa shape index (κ1) is 16.7. The molecule has 0 bridgehead atoms. The van der Waals surface area contributed by atoms with Crippen molar-refractivity contribution in [2.24, 2.45) is 5.73 Å². The third-order valence-corrected chi connectivity index (χ3v) is 4.65. The van der Waals surface area contributed by atoms with E-state index in [1.54, 1.807) is 4.90 Å². The molecule has 1 aromatic rings. The van der Waals surface area contributed by atoms with Gasteiger partial charge in [-0.25, -0.2) is 4.79 Å². The van der Waals surface area contributed by atoms with Crippen LogP contribution in [0.25, 0.3) is 0 Å². The Morgan fingerprint density at radius 2 is 2.08 bits per heavy atom. The van der Waals surface area contributed by atoms with Crippen LogP contribution in [-0.2, 0) is 16.0 Å². The fraction of sp³-hybridized carbons (Fsp3) is 0.529. The van der Waals surface area contributed by atoms with Gasteiger partial charge in [-0.2, -0.15) is 0 Å². The van der Waals surface area contributed by atoms with E-state index in [4.69, 9.17) is 10.5 Å². The number of nitrogens with two attached hydrogens (primary N) is 1. The third-order valence-electron chi connectivity index (χ3n) is 4.65. The maximum absolute atomic E-state index is 12.5. The van der Waals surface area contributed by atoms with Gasteiger partial charge in [0.25, 0.3) is 0 Å². The Labute approximate surface area is 141 Å². The van der Waals surface area contributed by atoms with Crippen molar-refractivity contribution in [1.29, 1.82) is 0 Å². The van der Waals surface area contributed by atoms with E-state index in [1.807, 2.05) is 25.1 Å². The summed E-state index contributed by atoms with van der Waals surface area (Å²) in [5, 5.41) is 5.71. The van der Waals surface area contributed by atoms with E-state index in [-0.39, 0.29) is 11.9 Å². The van der Waals surface area contributed by atoms with Crippen molar-refractivity contribution in [2.75, 3.05) is 36.5 Å². The number of carbonyl (C=O) groups excluding carboxylic acids is 2. The molecule has 0 unspecified atom stereocenters. The number of rotatable bonds is 3. The van der Waals surface area contributed by atoms with Gasteiger partial charge in [0.05, 0.1) is 5.69 Å². The second-order valence-electron chi connectivity index (χ2n) is 6.30. The second kappa shape index (κ2) is 6.78. The molecule has 130 valence electrons. The van der Waals surface area contributed by atoms with Crippen molar-refractivity contribution in [3.8, 4) is 0 Å². The minimum absolute atomic E-state index is 0.112. The van der Waals surface area contributed by atoms with Gasteiger partial charge in [0.2, 0.25) is 5.91 Å². The normalized spacial score (nSPS) is 18.8. The molecule has 1 saturated heterocycles. The number of anilines is 2. The number of fused-ring (bicyclic) bond motifs is 1. The number of hydrogen-bond acceptors (Lipinski definition) is 4. The first-order valence-corrected chi connectivity index (χ1v) is 8.40. The average Bonchev–Trinajstić information content (AvgIpc) is 2.99. The van der Waals surface area contributed by atoms with Crippen LogP contribution in [0.2, 0.25) is 0 Å². The Hall–Kier alpha value is -2.12. The summed E-state index contributed by atoms with van der Waals surface area (Å²) in [5.74, 6) is -0.201. The van der Waals surface area contributed by atoms with Crippen LogP contribution < -0.4 is 21.3 Å². The molecule has 2 aliphatic rings. The van der Waals surface area contributed by atoms with Crippen molar-refractivity contribution in [3.63, 3.8) is 0 Å². The highest BCUT2D eigenvalue weighted by Gasteiger charge is 2.36. The minimum atomic E-state index is -0.892. The standard InChI is InChI=1S/C17H24N4O3/c1-2-19-16(23)21-8-5-12-3-4-13(11-14(12)21)20-15(22)17(18)6-9-24-10-7-17/h3-4,11H,2,5-10,18H2,1H3,(H,19,23)(H,20,22). The Balaban J connectivity index is 1.75. The third kappa shape index (κ3) is 3.22. The average molecular weight is 332 g/mol. The smallest absolute Gasteiger partial charge is 0.321 e. The van der Waals surface area contributed by atoms with Crippen molar-refractivity contribution >= 4 is 23.3 Å². The lowest BCUT2D eigenvalue weighted by Gasteiger charge is -2.31. The van der Waals surface area contributed by atoms with E-state index in [2.05, 4.69) is 10.6 Å². The highest BCUT2D eigenvalue weighted by molar-refractivity contribution is 6.00. The van der Waals surface area contributed by atoms with E-state index in [1.165, 1.54) is 0 Å². The molecule has 2 heterocycles. The summed E-state index contributed by atoms with van der Waals surface area (Å²) in [4.78, 5) is 26.4. The Kier molecular flexibility index (Phi) is 4.73. The minimum Gasteiger partial charge on any atom is -0.381 e. The van der Waals surface area contributed by atoms with Gasteiger partial charge >= 0.3 is 6.03 Å². The molecule has 2 aliphatic heterocycles. The van der Waals surface area contributed by atoms with E-state index in [9.17, 15) is 9.59 Å². The first-order valence-electron chi connectivity index (χ1n) is 8.40. The van der Waals surface area contributed by atoms with Crippen LogP contribution in [-0.4, -0.2) is 43.8 Å². The van der Waals surface area contributed by atoms with Crippen LogP contribution >= 0.6 is 0 Å². The molecular weight excluding hydrogens is 308 g/mol. The molecule has 0 aromatic heterocycles. The zero-order chi connectivity index (χ0) is 17.2. The molecule has 7 nitrogen and oxygen atoms in total. The number of nitrogens with zero attached hydrogens (tertiary/aromatic N) is 1. The SMILES string of the molecule is CCNC(=O)N1CCc2ccc(NC(=O)C3(N)CCOCC3)cc21. The number of benzene rings is 1. The predicted octanol–water partition coefficient (Wildman–Crippen LogP) is 1.22. The van der Waals surface area contributed by atoms with Crippen molar-refractivity contribution in [3.05, 3.63) is 23.8 Å². The predicted molar refractivity (Wildman–Crippen MR) is 92.2 cm³/mol. The van der Waals surface area contributed by atoms with Gasteiger partial charge < -0.3 is 21.1 Å². The van der Waals surface area contributed by atoms with Crippen LogP contribution in [0.5, 0.6) is 0 Å². The van der Waals surface area contributed by atoms with Gasteiger partial charge in [-0.1, -0.05) is 6.07 Å². The summed E-state index contributed by atoms with van der Waals surface area (Å²) in [6.07, 6.45) is 1.84. The molecule has 1 aromatic carbocycles. The molecule has 7 heteroatoms. The maximum atomic E-state index is 12.5. The molecule has 24 heavy (non-hydrogen) atoms. The maximum Gasteiger partial charge on any atom is 0.321 e. The van der Waals surface area contributed by atoms with Crippen LogP contribution in [0, 0.1) is 0 Å². The van der Waals surface area contributed by atoms with Gasteiger partial charge in [-0.05, 0) is 43.9 Å². The molecule has 0 atom stereocenters. The van der Waals surface area contributed by atoms with Crippen molar-refractivity contribution in [1.82, 2.24) is 5.32 Å². The lowest BCUT2D eigenvalue weighted by Crippen LogP contribution is -2.54. The van der Waals surface area contributed by atoms with E-state index in [0.29, 0.717) is 44.8 Å².